The number of piperazine rings is 1. The minimum atomic E-state index is -4.63. The van der Waals surface area contributed by atoms with Crippen LogP contribution in [0.3, 0.4) is 0 Å². The fourth-order valence-electron chi connectivity index (χ4n) is 3.37. The van der Waals surface area contributed by atoms with Crippen molar-refractivity contribution in [1.29, 1.82) is 0 Å². The van der Waals surface area contributed by atoms with Crippen molar-refractivity contribution in [2.24, 2.45) is 0 Å². The topological polar surface area (TPSA) is 72.0 Å². The van der Waals surface area contributed by atoms with Gasteiger partial charge in [-0.2, -0.15) is 13.2 Å². The third-order valence-electron chi connectivity index (χ3n) is 4.79. The molecule has 0 aliphatic carbocycles. The summed E-state index contributed by atoms with van der Waals surface area (Å²) in [6.45, 7) is 12.4. The Bertz CT molecular complexity index is 871. The third kappa shape index (κ3) is 7.65. The highest BCUT2D eigenvalue weighted by Crippen LogP contribution is 2.32. The molecule has 1 saturated heterocycles. The van der Waals surface area contributed by atoms with Gasteiger partial charge in [-0.25, -0.2) is 14.6 Å². The first kappa shape index (κ1) is 27.0. The van der Waals surface area contributed by atoms with E-state index in [1.165, 1.54) is 16.7 Å². The molecule has 1 fully saturated rings. The summed E-state index contributed by atoms with van der Waals surface area (Å²) in [5, 5.41) is -0.291. The van der Waals surface area contributed by atoms with Crippen molar-refractivity contribution in [3.63, 3.8) is 0 Å². The predicted molar refractivity (Wildman–Crippen MR) is 117 cm³/mol. The molecule has 7 nitrogen and oxygen atoms in total. The molecule has 0 radical (unpaired) electrons. The summed E-state index contributed by atoms with van der Waals surface area (Å²) in [7, 11) is 0. The van der Waals surface area contributed by atoms with Crippen LogP contribution in [-0.4, -0.2) is 63.8 Å². The first-order valence-electron chi connectivity index (χ1n) is 10.6. The van der Waals surface area contributed by atoms with Gasteiger partial charge in [-0.05, 0) is 72.1 Å². The highest BCUT2D eigenvalue weighted by molar-refractivity contribution is 6.30. The number of alkyl halides is 3. The third-order valence-corrected chi connectivity index (χ3v) is 5.10. The lowest BCUT2D eigenvalue weighted by Gasteiger charge is -2.42. The van der Waals surface area contributed by atoms with Gasteiger partial charge in [0.05, 0.1) is 6.04 Å². The standard InChI is InChI=1S/C22H31ClF3N3O4/c1-13-10-16(22(24,25)26)27-17(23)15(13)11-14-12-28(18(30)32-20(2,3)4)8-9-29(14)19(31)33-21(5,6)7/h10,14H,8-9,11-12H2,1-7H3. The van der Waals surface area contributed by atoms with Gasteiger partial charge in [0.2, 0.25) is 0 Å². The maximum atomic E-state index is 13.1. The van der Waals surface area contributed by atoms with Crippen molar-refractivity contribution >= 4 is 23.8 Å². The van der Waals surface area contributed by atoms with Crippen LogP contribution in [0, 0.1) is 6.92 Å². The lowest BCUT2D eigenvalue weighted by Crippen LogP contribution is -2.58. The average Bonchev–Trinajstić information content (AvgIpc) is 2.60. The Morgan fingerprint density at radius 3 is 2.09 bits per heavy atom. The maximum absolute atomic E-state index is 13.1. The highest BCUT2D eigenvalue weighted by atomic mass is 35.5. The number of ether oxygens (including phenoxy) is 2. The molecule has 0 spiro atoms. The van der Waals surface area contributed by atoms with Crippen LogP contribution in [0.4, 0.5) is 22.8 Å². The van der Waals surface area contributed by atoms with Crippen molar-refractivity contribution in [3.05, 3.63) is 28.0 Å². The van der Waals surface area contributed by atoms with Gasteiger partial charge in [0, 0.05) is 19.6 Å². The zero-order chi connectivity index (χ0) is 25.4. The molecule has 0 N–H and O–H groups in total. The molecule has 1 aromatic heterocycles. The molecule has 0 saturated carbocycles. The van der Waals surface area contributed by atoms with E-state index in [4.69, 9.17) is 21.1 Å². The number of nitrogens with zero attached hydrogens (tertiary/aromatic N) is 3. The summed E-state index contributed by atoms with van der Waals surface area (Å²) in [6, 6.07) is 0.323. The molecule has 2 heterocycles. The molecule has 11 heteroatoms. The van der Waals surface area contributed by atoms with E-state index in [1.54, 1.807) is 41.5 Å². The van der Waals surface area contributed by atoms with Gasteiger partial charge in [0.1, 0.15) is 22.0 Å². The van der Waals surface area contributed by atoms with Gasteiger partial charge >= 0.3 is 18.4 Å². The molecule has 2 amide bonds. The number of hydrogen-bond donors (Lipinski definition) is 0. The van der Waals surface area contributed by atoms with Crippen molar-refractivity contribution < 1.29 is 32.2 Å². The Labute approximate surface area is 197 Å². The van der Waals surface area contributed by atoms with E-state index in [0.29, 0.717) is 11.1 Å². The van der Waals surface area contributed by atoms with E-state index < -0.39 is 41.3 Å². The van der Waals surface area contributed by atoms with Gasteiger partial charge in [0.25, 0.3) is 0 Å². The molecule has 186 valence electrons. The number of hydrogen-bond acceptors (Lipinski definition) is 5. The molecule has 33 heavy (non-hydrogen) atoms. The summed E-state index contributed by atoms with van der Waals surface area (Å²) in [5.41, 5.74) is -1.87. The van der Waals surface area contributed by atoms with Crippen LogP contribution in [0.1, 0.15) is 58.4 Å². The van der Waals surface area contributed by atoms with Gasteiger partial charge in [-0.1, -0.05) is 11.6 Å². The van der Waals surface area contributed by atoms with Crippen molar-refractivity contribution in [3.8, 4) is 0 Å². The minimum Gasteiger partial charge on any atom is -0.444 e. The summed E-state index contributed by atoms with van der Waals surface area (Å²) in [5.74, 6) is 0. The molecule has 0 bridgehead atoms. The predicted octanol–water partition coefficient (Wildman–Crippen LogP) is 5.46. The van der Waals surface area contributed by atoms with Gasteiger partial charge < -0.3 is 19.3 Å². The summed E-state index contributed by atoms with van der Waals surface area (Å²) >= 11 is 6.13. The Kier molecular flexibility index (Phi) is 7.83. The molecular formula is C22H31ClF3N3O4. The molecule has 1 unspecified atom stereocenters. The average molecular weight is 494 g/mol. The van der Waals surface area contributed by atoms with Gasteiger partial charge in [-0.15, -0.1) is 0 Å². The second-order valence-electron chi connectivity index (χ2n) is 10.0. The Balaban J connectivity index is 2.35. The van der Waals surface area contributed by atoms with E-state index in [1.807, 2.05) is 0 Å². The number of halogens is 4. The largest absolute Gasteiger partial charge is 0.444 e. The number of carbonyl (C=O) groups excluding carboxylic acids is 2. The lowest BCUT2D eigenvalue weighted by molar-refractivity contribution is -0.141. The summed E-state index contributed by atoms with van der Waals surface area (Å²) in [4.78, 5) is 31.9. The number of pyridine rings is 1. The monoisotopic (exact) mass is 493 g/mol. The molecule has 1 aliphatic rings. The molecule has 0 aromatic carbocycles. The van der Waals surface area contributed by atoms with E-state index in [9.17, 15) is 22.8 Å². The Morgan fingerprint density at radius 1 is 1.06 bits per heavy atom. The van der Waals surface area contributed by atoms with E-state index in [0.717, 1.165) is 6.07 Å². The fraction of sp³-hybridized carbons (Fsp3) is 0.682. The Hall–Kier alpha value is -2.23. The lowest BCUT2D eigenvalue weighted by atomic mass is 9.99. The van der Waals surface area contributed by atoms with Crippen LogP contribution in [0.5, 0.6) is 0 Å². The number of aryl methyl sites for hydroxylation is 1. The first-order valence-corrected chi connectivity index (χ1v) is 11.0. The van der Waals surface area contributed by atoms with Crippen LogP contribution < -0.4 is 0 Å². The zero-order valence-electron chi connectivity index (χ0n) is 20.0. The van der Waals surface area contributed by atoms with E-state index in [2.05, 4.69) is 4.98 Å². The normalized spacial score (nSPS) is 17.7. The van der Waals surface area contributed by atoms with Crippen molar-refractivity contribution in [1.82, 2.24) is 14.8 Å². The van der Waals surface area contributed by atoms with Gasteiger partial charge in [0.15, 0.2) is 0 Å². The van der Waals surface area contributed by atoms with Crippen LogP contribution >= 0.6 is 11.6 Å². The first-order chi connectivity index (χ1) is 14.9. The fourth-order valence-corrected chi connectivity index (χ4v) is 3.69. The molecule has 2 rings (SSSR count). The molecular weight excluding hydrogens is 463 g/mol. The summed E-state index contributed by atoms with van der Waals surface area (Å²) < 4.78 is 50.2. The zero-order valence-corrected chi connectivity index (χ0v) is 20.7. The smallest absolute Gasteiger partial charge is 0.433 e. The molecule has 1 atom stereocenters. The Morgan fingerprint density at radius 2 is 1.61 bits per heavy atom. The van der Waals surface area contributed by atoms with Gasteiger partial charge in [-0.3, -0.25) is 0 Å². The second-order valence-corrected chi connectivity index (χ2v) is 10.4. The number of carbonyl (C=O) groups is 2. The maximum Gasteiger partial charge on any atom is 0.433 e. The minimum absolute atomic E-state index is 0.0916. The SMILES string of the molecule is Cc1cc(C(F)(F)F)nc(Cl)c1CC1CN(C(=O)OC(C)(C)C)CCN1C(=O)OC(C)(C)C. The van der Waals surface area contributed by atoms with Crippen LogP contribution in [0.15, 0.2) is 6.07 Å². The number of rotatable bonds is 2. The van der Waals surface area contributed by atoms with Crippen LogP contribution in [0.2, 0.25) is 5.15 Å². The second kappa shape index (κ2) is 9.56. The molecule has 1 aromatic rings. The summed E-state index contributed by atoms with van der Waals surface area (Å²) in [6.07, 6.45) is -5.66. The van der Waals surface area contributed by atoms with E-state index >= 15 is 0 Å². The van der Waals surface area contributed by atoms with Crippen LogP contribution in [0.25, 0.3) is 0 Å². The van der Waals surface area contributed by atoms with E-state index in [-0.39, 0.29) is 31.2 Å². The van der Waals surface area contributed by atoms with Crippen LogP contribution in [-0.2, 0) is 22.1 Å². The number of aromatic nitrogens is 1. The quantitative estimate of drug-likeness (QED) is 0.511. The van der Waals surface area contributed by atoms with Crippen molar-refractivity contribution in [2.75, 3.05) is 19.6 Å². The highest BCUT2D eigenvalue weighted by Gasteiger charge is 2.38. The number of amides is 2. The van der Waals surface area contributed by atoms with Crippen molar-refractivity contribution in [2.45, 2.75) is 78.3 Å². The molecule has 1 aliphatic heterocycles.